The predicted molar refractivity (Wildman–Crippen MR) is 80.6 cm³/mol. The lowest BCUT2D eigenvalue weighted by atomic mass is 10.1. The molecule has 0 spiro atoms. The van der Waals surface area contributed by atoms with Crippen LogP contribution in [-0.4, -0.2) is 10.9 Å². The number of aromatic nitrogens is 1. The van der Waals surface area contributed by atoms with Crippen molar-refractivity contribution in [1.82, 2.24) is 10.3 Å². The van der Waals surface area contributed by atoms with Crippen LogP contribution in [0, 0.1) is 20.8 Å². The summed E-state index contributed by atoms with van der Waals surface area (Å²) in [5.41, 5.74) is 1.82. The second-order valence-corrected chi connectivity index (χ2v) is 5.79. The van der Waals surface area contributed by atoms with Gasteiger partial charge in [0.25, 0.3) is 0 Å². The molecule has 0 aliphatic carbocycles. The van der Waals surface area contributed by atoms with Crippen LogP contribution < -0.4 is 5.32 Å². The van der Waals surface area contributed by atoms with Gasteiger partial charge in [-0.3, -0.25) is 4.79 Å². The maximum Gasteiger partial charge on any atom is 0.244 e. The number of nitrogens with zero attached hydrogens (tertiary/aromatic N) is 1. The maximum absolute atomic E-state index is 11.9. The molecule has 2 aromatic rings. The molecule has 0 aromatic carbocycles. The van der Waals surface area contributed by atoms with E-state index >= 15 is 0 Å². The Labute approximate surface area is 122 Å². The number of hydrogen-bond donors (Lipinski definition) is 1. The molecule has 0 unspecified atom stereocenters. The van der Waals surface area contributed by atoms with Gasteiger partial charge in [-0.25, -0.2) is 4.98 Å². The highest BCUT2D eigenvalue weighted by Gasteiger charge is 2.13. The van der Waals surface area contributed by atoms with Gasteiger partial charge in [0, 0.05) is 17.0 Å². The van der Waals surface area contributed by atoms with Crippen LogP contribution in [0.3, 0.4) is 0 Å². The van der Waals surface area contributed by atoms with E-state index in [2.05, 4.69) is 10.3 Å². The lowest BCUT2D eigenvalue weighted by Gasteiger charge is -2.11. The smallest absolute Gasteiger partial charge is 0.244 e. The van der Waals surface area contributed by atoms with Gasteiger partial charge in [0.1, 0.15) is 11.5 Å². The van der Waals surface area contributed by atoms with E-state index in [9.17, 15) is 4.79 Å². The summed E-state index contributed by atoms with van der Waals surface area (Å²) in [5, 5.41) is 5.83. The normalized spacial score (nSPS) is 12.8. The van der Waals surface area contributed by atoms with Crippen LogP contribution in [0.25, 0.3) is 6.08 Å². The summed E-state index contributed by atoms with van der Waals surface area (Å²) in [5.74, 6) is 1.56. The molecule has 5 heteroatoms. The van der Waals surface area contributed by atoms with E-state index in [1.54, 1.807) is 17.4 Å². The summed E-state index contributed by atoms with van der Waals surface area (Å²) in [6, 6.07) is 1.87. The van der Waals surface area contributed by atoms with Crippen molar-refractivity contribution in [1.29, 1.82) is 0 Å². The molecule has 2 rings (SSSR count). The number of thiazole rings is 1. The van der Waals surface area contributed by atoms with E-state index in [1.165, 1.54) is 6.08 Å². The van der Waals surface area contributed by atoms with Gasteiger partial charge in [-0.2, -0.15) is 0 Å². The number of furan rings is 1. The lowest BCUT2D eigenvalue weighted by molar-refractivity contribution is -0.117. The van der Waals surface area contributed by atoms with E-state index in [4.69, 9.17) is 4.42 Å². The Kier molecular flexibility index (Phi) is 4.39. The molecule has 1 amide bonds. The van der Waals surface area contributed by atoms with Crippen LogP contribution in [0.1, 0.15) is 40.8 Å². The third-order valence-corrected chi connectivity index (χ3v) is 3.74. The molecule has 0 fully saturated rings. The quantitative estimate of drug-likeness (QED) is 0.876. The van der Waals surface area contributed by atoms with E-state index in [0.29, 0.717) is 0 Å². The third kappa shape index (κ3) is 3.57. The second kappa shape index (κ2) is 6.05. The Morgan fingerprint density at radius 3 is 2.75 bits per heavy atom. The minimum atomic E-state index is -0.138. The Hall–Kier alpha value is -1.88. The molecule has 0 aliphatic rings. The molecule has 106 valence electrons. The Morgan fingerprint density at radius 2 is 2.20 bits per heavy atom. The van der Waals surface area contributed by atoms with Gasteiger partial charge in [0.2, 0.25) is 5.91 Å². The summed E-state index contributed by atoms with van der Waals surface area (Å²) in [6.07, 6.45) is 3.23. The van der Waals surface area contributed by atoms with Crippen molar-refractivity contribution in [3.05, 3.63) is 45.3 Å². The molecule has 0 aliphatic heterocycles. The van der Waals surface area contributed by atoms with Crippen LogP contribution in [0.2, 0.25) is 0 Å². The van der Waals surface area contributed by atoms with Crippen molar-refractivity contribution in [3.8, 4) is 0 Å². The van der Waals surface area contributed by atoms with Gasteiger partial charge in [0.05, 0.1) is 16.7 Å². The van der Waals surface area contributed by atoms with Crippen LogP contribution in [0.4, 0.5) is 0 Å². The molecular formula is C15H18N2O2S. The van der Waals surface area contributed by atoms with Crippen LogP contribution in [0.15, 0.2) is 21.9 Å². The average molecular weight is 290 g/mol. The minimum absolute atomic E-state index is 0.0817. The van der Waals surface area contributed by atoms with Crippen LogP contribution in [-0.2, 0) is 4.79 Å². The van der Waals surface area contributed by atoms with E-state index in [-0.39, 0.29) is 11.9 Å². The van der Waals surface area contributed by atoms with E-state index in [0.717, 1.165) is 27.8 Å². The van der Waals surface area contributed by atoms with Crippen molar-refractivity contribution in [3.63, 3.8) is 0 Å². The molecule has 1 N–H and O–H groups in total. The number of amides is 1. The zero-order valence-corrected chi connectivity index (χ0v) is 12.9. The Bertz CT molecular complexity index is 640. The van der Waals surface area contributed by atoms with Crippen molar-refractivity contribution in [2.24, 2.45) is 0 Å². The highest BCUT2D eigenvalue weighted by Crippen LogP contribution is 2.21. The largest absolute Gasteiger partial charge is 0.466 e. The van der Waals surface area contributed by atoms with Gasteiger partial charge < -0.3 is 9.73 Å². The average Bonchev–Trinajstić information content (AvgIpc) is 2.92. The first-order valence-electron chi connectivity index (χ1n) is 6.43. The monoisotopic (exact) mass is 290 g/mol. The molecular weight excluding hydrogens is 272 g/mol. The van der Waals surface area contributed by atoms with Crippen molar-refractivity contribution >= 4 is 23.3 Å². The molecule has 4 nitrogen and oxygen atoms in total. The summed E-state index contributed by atoms with van der Waals surface area (Å²) in [6.45, 7) is 7.68. The lowest BCUT2D eigenvalue weighted by Crippen LogP contribution is -2.24. The fourth-order valence-electron chi connectivity index (χ4n) is 2.04. The maximum atomic E-state index is 11.9. The Morgan fingerprint density at radius 1 is 1.45 bits per heavy atom. The van der Waals surface area contributed by atoms with E-state index in [1.807, 2.05) is 39.1 Å². The first kappa shape index (κ1) is 14.5. The fourth-order valence-corrected chi connectivity index (χ4v) is 2.62. The number of carbonyl (C=O) groups is 1. The fraction of sp³-hybridized carbons (Fsp3) is 0.333. The molecule has 2 heterocycles. The van der Waals surface area contributed by atoms with Crippen LogP contribution in [0.5, 0.6) is 0 Å². The van der Waals surface area contributed by atoms with Crippen LogP contribution >= 0.6 is 11.3 Å². The number of hydrogen-bond acceptors (Lipinski definition) is 4. The molecule has 0 saturated carbocycles. The number of nitrogens with one attached hydrogen (secondary N) is 1. The highest BCUT2D eigenvalue weighted by atomic mass is 32.1. The van der Waals surface area contributed by atoms with Crippen molar-refractivity contribution < 1.29 is 9.21 Å². The van der Waals surface area contributed by atoms with E-state index < -0.39 is 0 Å². The first-order chi connectivity index (χ1) is 9.45. The number of aryl methyl sites for hydroxylation is 3. The van der Waals surface area contributed by atoms with Gasteiger partial charge >= 0.3 is 0 Å². The zero-order chi connectivity index (χ0) is 14.7. The van der Waals surface area contributed by atoms with Gasteiger partial charge in [0.15, 0.2) is 0 Å². The highest BCUT2D eigenvalue weighted by molar-refractivity contribution is 7.09. The summed E-state index contributed by atoms with van der Waals surface area (Å²) < 4.78 is 5.47. The van der Waals surface area contributed by atoms with Gasteiger partial charge in [-0.1, -0.05) is 0 Å². The zero-order valence-electron chi connectivity index (χ0n) is 12.1. The summed E-state index contributed by atoms with van der Waals surface area (Å²) in [4.78, 5) is 16.1. The van der Waals surface area contributed by atoms with Gasteiger partial charge in [-0.15, -0.1) is 11.3 Å². The number of carbonyl (C=O) groups excluding carboxylic acids is 1. The molecule has 2 aromatic heterocycles. The molecule has 20 heavy (non-hydrogen) atoms. The molecule has 0 radical (unpaired) electrons. The predicted octanol–water partition coefficient (Wildman–Crippen LogP) is 3.55. The van der Waals surface area contributed by atoms with Crippen molar-refractivity contribution in [2.45, 2.75) is 33.7 Å². The molecule has 0 saturated heterocycles. The molecule has 1 atom stereocenters. The van der Waals surface area contributed by atoms with Gasteiger partial charge in [-0.05, 0) is 39.8 Å². The third-order valence-electron chi connectivity index (χ3n) is 2.95. The first-order valence-corrected chi connectivity index (χ1v) is 7.31. The summed E-state index contributed by atoms with van der Waals surface area (Å²) in [7, 11) is 0. The summed E-state index contributed by atoms with van der Waals surface area (Å²) >= 11 is 1.57. The minimum Gasteiger partial charge on any atom is -0.466 e. The number of rotatable bonds is 4. The standard InChI is InChI=1S/C15H18N2O2S/c1-9-7-14(11(3)19-9)10(2)16-15(18)6-5-13-8-20-12(4)17-13/h5-8,10H,1-4H3,(H,16,18)/b6-5-/t10-/m1/s1. The van der Waals surface area contributed by atoms with Crippen molar-refractivity contribution in [2.75, 3.05) is 0 Å². The molecule has 0 bridgehead atoms. The topological polar surface area (TPSA) is 55.1 Å². The second-order valence-electron chi connectivity index (χ2n) is 4.72. The Balaban J connectivity index is 1.97. The SMILES string of the molecule is Cc1cc([C@@H](C)NC(=O)/C=C\c2csc(C)n2)c(C)o1.